The molecule has 108 valence electrons. The third-order valence-corrected chi connectivity index (χ3v) is 5.48. The molecule has 0 aliphatic rings. The van der Waals surface area contributed by atoms with Gasteiger partial charge in [0.15, 0.2) is 4.34 Å². The Bertz CT molecular complexity index is 513. The van der Waals surface area contributed by atoms with Crippen LogP contribution in [0.15, 0.2) is 34.7 Å². The first-order valence-corrected chi connectivity index (χ1v) is 8.69. The van der Waals surface area contributed by atoms with Crippen LogP contribution in [0.3, 0.4) is 0 Å². The monoisotopic (exact) mass is 307 g/mol. The summed E-state index contributed by atoms with van der Waals surface area (Å²) in [5, 5.41) is 13.5. The molecule has 1 N–H and O–H groups in total. The van der Waals surface area contributed by atoms with E-state index in [-0.39, 0.29) is 0 Å². The maximum atomic E-state index is 4.24. The highest BCUT2D eigenvalue weighted by atomic mass is 32.2. The summed E-state index contributed by atoms with van der Waals surface area (Å²) in [4.78, 5) is 0. The number of hydrogen-bond donors (Lipinski definition) is 1. The Morgan fingerprint density at radius 3 is 2.50 bits per heavy atom. The van der Waals surface area contributed by atoms with Gasteiger partial charge in [0.05, 0.1) is 0 Å². The number of nitrogens with one attached hydrogen (secondary N) is 1. The van der Waals surface area contributed by atoms with Crippen LogP contribution >= 0.6 is 23.1 Å². The molecule has 0 amide bonds. The topological polar surface area (TPSA) is 37.8 Å². The standard InChI is InChI=1S/C15H21N3S2/c1-4-13(20-15-18-17-11(3)19-15)14(16-5-2)12-9-7-6-8-10-12/h6-10,13-14,16H,4-5H2,1-3H3. The summed E-state index contributed by atoms with van der Waals surface area (Å²) in [5.41, 5.74) is 1.34. The van der Waals surface area contributed by atoms with E-state index in [4.69, 9.17) is 0 Å². The van der Waals surface area contributed by atoms with Gasteiger partial charge in [0.25, 0.3) is 0 Å². The first-order chi connectivity index (χ1) is 9.74. The van der Waals surface area contributed by atoms with Crippen molar-refractivity contribution in [3.05, 3.63) is 40.9 Å². The van der Waals surface area contributed by atoms with Gasteiger partial charge in [-0.05, 0) is 25.5 Å². The van der Waals surface area contributed by atoms with E-state index in [1.165, 1.54) is 5.56 Å². The molecule has 1 aromatic carbocycles. The van der Waals surface area contributed by atoms with Crippen LogP contribution in [0.1, 0.15) is 36.9 Å². The minimum atomic E-state index is 0.348. The molecular weight excluding hydrogens is 286 g/mol. The van der Waals surface area contributed by atoms with Gasteiger partial charge in [0.2, 0.25) is 0 Å². The molecule has 0 saturated carbocycles. The molecule has 0 spiro atoms. The van der Waals surface area contributed by atoms with Gasteiger partial charge < -0.3 is 5.32 Å². The number of aromatic nitrogens is 2. The number of thioether (sulfide) groups is 1. The van der Waals surface area contributed by atoms with E-state index >= 15 is 0 Å². The van der Waals surface area contributed by atoms with Crippen LogP contribution in [0.25, 0.3) is 0 Å². The molecule has 0 saturated heterocycles. The molecule has 2 aromatic rings. The van der Waals surface area contributed by atoms with Gasteiger partial charge in [0.1, 0.15) is 5.01 Å². The second-order valence-electron chi connectivity index (χ2n) is 4.60. The SMILES string of the molecule is CCNC(c1ccccc1)C(CC)Sc1nnc(C)s1. The largest absolute Gasteiger partial charge is 0.309 e. The summed E-state index contributed by atoms with van der Waals surface area (Å²) < 4.78 is 1.06. The van der Waals surface area contributed by atoms with E-state index in [2.05, 4.69) is 59.7 Å². The number of benzene rings is 1. The molecule has 3 nitrogen and oxygen atoms in total. The van der Waals surface area contributed by atoms with Crippen molar-refractivity contribution in [3.63, 3.8) is 0 Å². The van der Waals surface area contributed by atoms with Crippen molar-refractivity contribution < 1.29 is 0 Å². The van der Waals surface area contributed by atoms with Crippen molar-refractivity contribution in [2.24, 2.45) is 0 Å². The van der Waals surface area contributed by atoms with Crippen LogP contribution < -0.4 is 5.32 Å². The highest BCUT2D eigenvalue weighted by Crippen LogP contribution is 2.35. The normalized spacial score (nSPS) is 14.2. The van der Waals surface area contributed by atoms with Crippen LogP contribution in [0, 0.1) is 6.92 Å². The molecule has 2 rings (SSSR count). The van der Waals surface area contributed by atoms with Crippen molar-refractivity contribution in [2.75, 3.05) is 6.54 Å². The molecule has 0 aliphatic carbocycles. The summed E-state index contributed by atoms with van der Waals surface area (Å²) in [5.74, 6) is 0. The first-order valence-electron chi connectivity index (χ1n) is 6.99. The Hall–Kier alpha value is -0.910. The van der Waals surface area contributed by atoms with Crippen molar-refractivity contribution >= 4 is 23.1 Å². The average molecular weight is 307 g/mol. The molecule has 0 aliphatic heterocycles. The van der Waals surface area contributed by atoms with Gasteiger partial charge in [-0.15, -0.1) is 10.2 Å². The Morgan fingerprint density at radius 1 is 1.20 bits per heavy atom. The fraction of sp³-hybridized carbons (Fsp3) is 0.467. The summed E-state index contributed by atoms with van der Waals surface area (Å²) in [6.07, 6.45) is 1.09. The van der Waals surface area contributed by atoms with Gasteiger partial charge in [-0.2, -0.15) is 0 Å². The van der Waals surface area contributed by atoms with Gasteiger partial charge in [0, 0.05) is 11.3 Å². The van der Waals surface area contributed by atoms with E-state index in [1.807, 2.05) is 18.7 Å². The minimum absolute atomic E-state index is 0.348. The lowest BCUT2D eigenvalue weighted by molar-refractivity contribution is 0.521. The van der Waals surface area contributed by atoms with Crippen molar-refractivity contribution in [2.45, 2.75) is 42.8 Å². The van der Waals surface area contributed by atoms with Gasteiger partial charge >= 0.3 is 0 Å². The number of nitrogens with zero attached hydrogens (tertiary/aromatic N) is 2. The maximum Gasteiger partial charge on any atom is 0.174 e. The average Bonchev–Trinajstić information content (AvgIpc) is 2.89. The highest BCUT2D eigenvalue weighted by molar-refractivity contribution is 8.01. The van der Waals surface area contributed by atoms with Crippen molar-refractivity contribution in [1.82, 2.24) is 15.5 Å². The molecule has 2 atom stereocenters. The number of rotatable bonds is 7. The molecular formula is C15H21N3S2. The van der Waals surface area contributed by atoms with E-state index in [9.17, 15) is 0 Å². The summed E-state index contributed by atoms with van der Waals surface area (Å²) in [6.45, 7) is 7.36. The Morgan fingerprint density at radius 2 is 1.95 bits per heavy atom. The predicted molar refractivity (Wildman–Crippen MR) is 87.4 cm³/mol. The second-order valence-corrected chi connectivity index (χ2v) is 7.27. The fourth-order valence-electron chi connectivity index (χ4n) is 2.19. The quantitative estimate of drug-likeness (QED) is 0.783. The van der Waals surface area contributed by atoms with Crippen molar-refractivity contribution in [1.29, 1.82) is 0 Å². The smallest absolute Gasteiger partial charge is 0.174 e. The lowest BCUT2D eigenvalue weighted by atomic mass is 10.0. The number of hydrogen-bond acceptors (Lipinski definition) is 5. The van der Waals surface area contributed by atoms with Crippen LogP contribution in [0.2, 0.25) is 0 Å². The predicted octanol–water partition coefficient (Wildman–Crippen LogP) is 4.07. The van der Waals surface area contributed by atoms with Crippen LogP contribution in [-0.4, -0.2) is 22.0 Å². The summed E-state index contributed by atoms with van der Waals surface area (Å²) in [6, 6.07) is 11.0. The van der Waals surface area contributed by atoms with E-state index < -0.39 is 0 Å². The molecule has 5 heteroatoms. The van der Waals surface area contributed by atoms with Gasteiger partial charge in [-0.1, -0.05) is 67.3 Å². The maximum absolute atomic E-state index is 4.24. The third-order valence-electron chi connectivity index (χ3n) is 3.12. The van der Waals surface area contributed by atoms with Crippen molar-refractivity contribution in [3.8, 4) is 0 Å². The zero-order chi connectivity index (χ0) is 14.4. The Kier molecular flexibility index (Phi) is 6.01. The highest BCUT2D eigenvalue weighted by Gasteiger charge is 2.23. The minimum Gasteiger partial charge on any atom is -0.309 e. The lowest BCUT2D eigenvalue weighted by Gasteiger charge is -2.26. The van der Waals surface area contributed by atoms with E-state index in [0.29, 0.717) is 11.3 Å². The summed E-state index contributed by atoms with van der Waals surface area (Å²) in [7, 11) is 0. The number of aryl methyl sites for hydroxylation is 1. The van der Waals surface area contributed by atoms with Crippen LogP contribution in [0.4, 0.5) is 0 Å². The zero-order valence-electron chi connectivity index (χ0n) is 12.2. The van der Waals surface area contributed by atoms with Crippen LogP contribution in [0.5, 0.6) is 0 Å². The van der Waals surface area contributed by atoms with Gasteiger partial charge in [-0.25, -0.2) is 0 Å². The first kappa shape index (κ1) is 15.5. The van der Waals surface area contributed by atoms with Crippen LogP contribution in [-0.2, 0) is 0 Å². The van der Waals surface area contributed by atoms with E-state index in [0.717, 1.165) is 22.3 Å². The molecule has 0 fully saturated rings. The third kappa shape index (κ3) is 4.04. The molecule has 0 bridgehead atoms. The molecule has 1 aromatic heterocycles. The summed E-state index contributed by atoms with van der Waals surface area (Å²) >= 11 is 3.51. The molecule has 0 radical (unpaired) electrons. The second kappa shape index (κ2) is 7.76. The Labute approximate surface area is 129 Å². The Balaban J connectivity index is 2.17. The zero-order valence-corrected chi connectivity index (χ0v) is 13.8. The molecule has 2 unspecified atom stereocenters. The van der Waals surface area contributed by atoms with E-state index in [1.54, 1.807) is 11.3 Å². The fourth-order valence-corrected chi connectivity index (χ4v) is 4.43. The van der Waals surface area contributed by atoms with Gasteiger partial charge in [-0.3, -0.25) is 0 Å². The molecule has 1 heterocycles. The lowest BCUT2D eigenvalue weighted by Crippen LogP contribution is -2.29. The molecule has 20 heavy (non-hydrogen) atoms.